The van der Waals surface area contributed by atoms with Gasteiger partial charge < -0.3 is 6.42 Å². The Balaban J connectivity index is 0.00000193. The van der Waals surface area contributed by atoms with Crippen molar-refractivity contribution in [3.05, 3.63) is 54.1 Å². The Kier molecular flexibility index (Phi) is 5.22. The van der Waals surface area contributed by atoms with E-state index in [1.165, 1.54) is 56.0 Å². The zero-order chi connectivity index (χ0) is 19.8. The van der Waals surface area contributed by atoms with Gasteiger partial charge in [-0.1, -0.05) is 56.2 Å². The molecule has 4 aliphatic carbocycles. The van der Waals surface area contributed by atoms with Crippen molar-refractivity contribution in [3.8, 4) is 0 Å². The fourth-order valence-electron chi connectivity index (χ4n) is 7.88. The molecule has 0 saturated heterocycles. The summed E-state index contributed by atoms with van der Waals surface area (Å²) < 4.78 is 2.15. The van der Waals surface area contributed by atoms with E-state index in [2.05, 4.69) is 68.4 Å². The van der Waals surface area contributed by atoms with Crippen LogP contribution in [0.2, 0.25) is 0 Å². The molecular formula is C27H33N2Y-. The van der Waals surface area contributed by atoms with Crippen LogP contribution in [0.5, 0.6) is 0 Å². The van der Waals surface area contributed by atoms with E-state index >= 15 is 0 Å². The third-order valence-corrected chi connectivity index (χ3v) is 9.43. The quantitative estimate of drug-likeness (QED) is 0.331. The number of allylic oxidation sites excluding steroid dienone is 4. The summed E-state index contributed by atoms with van der Waals surface area (Å²) >= 11 is 0. The molecule has 1 heterocycles. The molecule has 0 spiro atoms. The first-order chi connectivity index (χ1) is 14.0. The fraction of sp³-hybridized carbons (Fsp3) is 0.556. The Morgan fingerprint density at radius 1 is 1.03 bits per heavy atom. The number of hydrogen-bond donors (Lipinski definition) is 0. The van der Waals surface area contributed by atoms with Crippen molar-refractivity contribution in [2.45, 2.75) is 58.8 Å². The Bertz CT molecular complexity index is 1050. The molecule has 0 amide bonds. The normalized spacial score (nSPS) is 37.5. The van der Waals surface area contributed by atoms with Crippen LogP contribution in [-0.4, -0.2) is 9.78 Å². The molecule has 0 N–H and O–H groups in total. The van der Waals surface area contributed by atoms with Crippen LogP contribution < -0.4 is 0 Å². The maximum atomic E-state index is 4.84. The summed E-state index contributed by atoms with van der Waals surface area (Å²) in [7, 11) is 2.13. The van der Waals surface area contributed by atoms with Crippen molar-refractivity contribution >= 4 is 16.5 Å². The molecule has 2 nitrogen and oxygen atoms in total. The van der Waals surface area contributed by atoms with E-state index < -0.39 is 0 Å². The van der Waals surface area contributed by atoms with Gasteiger partial charge in [0.05, 0.1) is 11.2 Å². The van der Waals surface area contributed by atoms with E-state index in [1.54, 1.807) is 11.1 Å². The summed E-state index contributed by atoms with van der Waals surface area (Å²) in [6.07, 6.45) is 17.0. The zero-order valence-corrected chi connectivity index (χ0v) is 21.5. The molecule has 2 aromatic rings. The Labute approximate surface area is 206 Å². The monoisotopic (exact) mass is 474 g/mol. The van der Waals surface area contributed by atoms with Gasteiger partial charge in [-0.25, -0.2) is 0 Å². The number of aryl methyl sites for hydroxylation is 1. The first kappa shape index (κ1) is 21.1. The minimum absolute atomic E-state index is 0. The molecule has 3 unspecified atom stereocenters. The van der Waals surface area contributed by atoms with Crippen molar-refractivity contribution in [1.82, 2.24) is 9.78 Å². The second kappa shape index (κ2) is 7.41. The zero-order valence-electron chi connectivity index (χ0n) is 18.7. The van der Waals surface area contributed by atoms with Crippen LogP contribution in [0.25, 0.3) is 16.5 Å². The summed E-state index contributed by atoms with van der Waals surface area (Å²) in [6.45, 7) is 5.17. The Morgan fingerprint density at radius 2 is 1.87 bits per heavy atom. The number of rotatable bonds is 1. The SMILES string of the molecule is Cn1nc2ccccc2c1C1=CCC2C3CC=C4C[CH-]CC[C@]4(C)C3CC[C@]12C.[Y]. The van der Waals surface area contributed by atoms with E-state index in [0.29, 0.717) is 10.8 Å². The largest absolute Gasteiger partial charge is 0.325 e. The topological polar surface area (TPSA) is 17.8 Å². The average molecular weight is 474 g/mol. The Hall–Kier alpha value is -0.726. The maximum Gasteiger partial charge on any atom is 0.0929 e. The van der Waals surface area contributed by atoms with Crippen molar-refractivity contribution in [3.63, 3.8) is 0 Å². The maximum absolute atomic E-state index is 4.84. The third-order valence-electron chi connectivity index (χ3n) is 9.43. The fourth-order valence-corrected chi connectivity index (χ4v) is 7.88. The summed E-state index contributed by atoms with van der Waals surface area (Å²) in [6, 6.07) is 8.68. The molecule has 2 fully saturated rings. The number of nitrogens with zero attached hydrogens (tertiary/aromatic N) is 2. The van der Waals surface area contributed by atoms with E-state index in [9.17, 15) is 0 Å². The van der Waals surface area contributed by atoms with Crippen LogP contribution in [0.3, 0.4) is 0 Å². The van der Waals surface area contributed by atoms with Gasteiger partial charge in [-0.05, 0) is 65.9 Å². The van der Waals surface area contributed by atoms with Gasteiger partial charge in [0.15, 0.2) is 0 Å². The Morgan fingerprint density at radius 3 is 2.73 bits per heavy atom. The van der Waals surface area contributed by atoms with Crippen LogP contribution in [0.4, 0.5) is 0 Å². The number of benzene rings is 1. The summed E-state index contributed by atoms with van der Waals surface area (Å²) in [5.41, 5.74) is 6.59. The molecule has 6 rings (SSSR count). The average Bonchev–Trinajstić information content (AvgIpc) is 3.22. The van der Waals surface area contributed by atoms with Crippen LogP contribution in [0, 0.1) is 35.0 Å². The number of fused-ring (bicyclic) bond motifs is 6. The molecule has 0 bridgehead atoms. The summed E-state index contributed by atoms with van der Waals surface area (Å²) in [4.78, 5) is 0. The van der Waals surface area contributed by atoms with Crippen molar-refractivity contribution in [1.29, 1.82) is 0 Å². The molecule has 2 saturated carbocycles. The minimum atomic E-state index is 0. The van der Waals surface area contributed by atoms with Crippen molar-refractivity contribution in [2.24, 2.45) is 35.6 Å². The second-order valence-corrected chi connectivity index (χ2v) is 10.6. The summed E-state index contributed by atoms with van der Waals surface area (Å²) in [5.74, 6) is 2.50. The standard InChI is InChI=1S/C27H33N2.Y/c1-26-16-7-6-8-18(26)11-12-19-21-13-14-23(27(21,2)17-15-22(19)26)25-20-9-4-5-10-24(20)28-29(25)3;/h4-6,9-11,14,19,21-22H,7-8,12-13,15-17H2,1-3H3;/q-1;/t19?,21?,22?,26-,27-;/m0./s1. The molecule has 0 aliphatic heterocycles. The summed E-state index contributed by atoms with van der Waals surface area (Å²) in [5, 5.41) is 6.16. The predicted octanol–water partition coefficient (Wildman–Crippen LogP) is 6.73. The molecule has 5 atom stereocenters. The van der Waals surface area contributed by atoms with Gasteiger partial charge in [0.2, 0.25) is 0 Å². The van der Waals surface area contributed by atoms with Crippen molar-refractivity contribution in [2.75, 3.05) is 0 Å². The van der Waals surface area contributed by atoms with Crippen molar-refractivity contribution < 1.29 is 32.7 Å². The molecule has 1 aromatic heterocycles. The number of aromatic nitrogens is 2. The van der Waals surface area contributed by atoms with Crippen LogP contribution in [0.1, 0.15) is 64.5 Å². The minimum Gasteiger partial charge on any atom is -0.325 e. The van der Waals surface area contributed by atoms with Gasteiger partial charge in [-0.2, -0.15) is 17.9 Å². The molecular weight excluding hydrogens is 441 g/mol. The van der Waals surface area contributed by atoms with E-state index in [1.807, 2.05) is 0 Å². The number of hydrogen-bond acceptors (Lipinski definition) is 1. The predicted molar refractivity (Wildman–Crippen MR) is 120 cm³/mol. The smallest absolute Gasteiger partial charge is 0.0929 e. The van der Waals surface area contributed by atoms with E-state index in [4.69, 9.17) is 5.10 Å². The molecule has 1 aromatic carbocycles. The van der Waals surface area contributed by atoms with E-state index in [0.717, 1.165) is 23.3 Å². The van der Waals surface area contributed by atoms with Crippen LogP contribution in [0.15, 0.2) is 42.0 Å². The van der Waals surface area contributed by atoms with E-state index in [-0.39, 0.29) is 32.7 Å². The molecule has 1 radical (unpaired) electrons. The van der Waals surface area contributed by atoms with Crippen LogP contribution >= 0.6 is 0 Å². The van der Waals surface area contributed by atoms with Gasteiger partial charge in [0.1, 0.15) is 0 Å². The molecule has 30 heavy (non-hydrogen) atoms. The third kappa shape index (κ3) is 2.78. The van der Waals surface area contributed by atoms with Gasteiger partial charge in [0.25, 0.3) is 0 Å². The van der Waals surface area contributed by atoms with Gasteiger partial charge in [-0.15, -0.1) is 0 Å². The van der Waals surface area contributed by atoms with Crippen LogP contribution in [-0.2, 0) is 39.8 Å². The van der Waals surface area contributed by atoms with Gasteiger partial charge in [0, 0.05) is 45.1 Å². The van der Waals surface area contributed by atoms with Gasteiger partial charge in [-0.3, -0.25) is 4.68 Å². The second-order valence-electron chi connectivity index (χ2n) is 10.6. The molecule has 4 aliphatic rings. The van der Waals surface area contributed by atoms with Gasteiger partial charge >= 0.3 is 0 Å². The molecule has 3 heteroatoms. The first-order valence-electron chi connectivity index (χ1n) is 11.7. The first-order valence-corrected chi connectivity index (χ1v) is 11.7. The molecule has 155 valence electrons.